The van der Waals surface area contributed by atoms with Gasteiger partial charge < -0.3 is 0 Å². The minimum atomic E-state index is -0.638. The average Bonchev–Trinajstić information content (AvgIpc) is 3.65. The molecule has 0 aliphatic heterocycles. The maximum atomic E-state index is 5.87. The molecule has 13 rings (SSSR count). The summed E-state index contributed by atoms with van der Waals surface area (Å²) in [6.45, 7) is 0. The fourth-order valence-corrected chi connectivity index (χ4v) is 10.5. The Labute approximate surface area is 364 Å². The van der Waals surface area contributed by atoms with Crippen LogP contribution in [0, 0.1) is 0 Å². The first-order valence-corrected chi connectivity index (χ1v) is 21.6. The molecule has 292 valence electrons. The molecule has 0 saturated carbocycles. The lowest BCUT2D eigenvalue weighted by Gasteiger charge is -2.33. The van der Waals surface area contributed by atoms with Gasteiger partial charge in [0.1, 0.15) is 0 Å². The quantitative estimate of drug-likeness (QED) is 0.129. The second-order valence-corrected chi connectivity index (χ2v) is 16.6. The molecule has 3 heteroatoms. The van der Waals surface area contributed by atoms with E-state index in [1.54, 1.807) is 0 Å². The van der Waals surface area contributed by atoms with E-state index >= 15 is 0 Å². The van der Waals surface area contributed by atoms with Crippen molar-refractivity contribution >= 4 is 54.4 Å². The Bertz CT molecular complexity index is 3730. The third kappa shape index (κ3) is 5.30. The molecule has 3 heterocycles. The maximum absolute atomic E-state index is 5.87. The molecular weight excluding hydrogens is 763 g/mol. The first kappa shape index (κ1) is 35.5. The average molecular weight is 800 g/mol. The Morgan fingerprint density at radius 2 is 0.952 bits per heavy atom. The van der Waals surface area contributed by atoms with Crippen molar-refractivity contribution in [3.8, 4) is 44.8 Å². The molecular formula is C60H37N3. The number of hydrogen-bond donors (Lipinski definition) is 0. The van der Waals surface area contributed by atoms with E-state index in [9.17, 15) is 0 Å². The van der Waals surface area contributed by atoms with Gasteiger partial charge in [-0.05, 0) is 68.6 Å². The topological polar surface area (TPSA) is 38.7 Å². The van der Waals surface area contributed by atoms with E-state index in [4.69, 9.17) is 15.0 Å². The van der Waals surface area contributed by atoms with Gasteiger partial charge in [-0.2, -0.15) is 0 Å². The summed E-state index contributed by atoms with van der Waals surface area (Å²) in [5, 5.41) is 6.79. The number of pyridine rings is 3. The Hall–Kier alpha value is -8.27. The van der Waals surface area contributed by atoms with Crippen LogP contribution in [0.3, 0.4) is 0 Å². The van der Waals surface area contributed by atoms with Crippen LogP contribution < -0.4 is 0 Å². The van der Waals surface area contributed by atoms with Gasteiger partial charge in [0.05, 0.1) is 38.9 Å². The number of hydrogen-bond acceptors (Lipinski definition) is 3. The first-order chi connectivity index (χ1) is 31.2. The van der Waals surface area contributed by atoms with Crippen LogP contribution in [0.2, 0.25) is 0 Å². The monoisotopic (exact) mass is 799 g/mol. The smallest absolute Gasteiger partial charge is 0.0813 e. The van der Waals surface area contributed by atoms with Crippen LogP contribution in [0.5, 0.6) is 0 Å². The predicted octanol–water partition coefficient (Wildman–Crippen LogP) is 15.0. The zero-order valence-electron chi connectivity index (χ0n) is 34.2. The first-order valence-electron chi connectivity index (χ1n) is 21.6. The predicted molar refractivity (Wildman–Crippen MR) is 261 cm³/mol. The van der Waals surface area contributed by atoms with Crippen LogP contribution in [0.1, 0.15) is 22.3 Å². The fraction of sp³-hybridized carbons (Fsp3) is 0.0167. The molecule has 0 radical (unpaired) electrons. The second kappa shape index (κ2) is 13.9. The number of para-hydroxylation sites is 2. The summed E-state index contributed by atoms with van der Waals surface area (Å²) in [4.78, 5) is 16.4. The van der Waals surface area contributed by atoms with Crippen LogP contribution >= 0.6 is 0 Å². The summed E-state index contributed by atoms with van der Waals surface area (Å²) >= 11 is 0. The van der Waals surface area contributed by atoms with Crippen LogP contribution in [-0.4, -0.2) is 15.0 Å². The number of benzene rings is 9. The number of rotatable bonds is 5. The zero-order chi connectivity index (χ0) is 41.5. The van der Waals surface area contributed by atoms with Gasteiger partial charge in [-0.15, -0.1) is 0 Å². The summed E-state index contributed by atoms with van der Waals surface area (Å²) in [6, 6.07) is 80.9. The maximum Gasteiger partial charge on any atom is 0.0813 e. The minimum Gasteiger partial charge on any atom is -0.248 e. The van der Waals surface area contributed by atoms with E-state index in [-0.39, 0.29) is 0 Å². The van der Waals surface area contributed by atoms with Gasteiger partial charge in [-0.25, -0.2) is 15.0 Å². The molecule has 63 heavy (non-hydrogen) atoms. The third-order valence-electron chi connectivity index (χ3n) is 13.3. The van der Waals surface area contributed by atoms with Crippen LogP contribution in [0.15, 0.2) is 224 Å². The van der Waals surface area contributed by atoms with Crippen molar-refractivity contribution in [1.82, 2.24) is 15.0 Å². The van der Waals surface area contributed by atoms with Crippen LogP contribution in [0.4, 0.5) is 0 Å². The van der Waals surface area contributed by atoms with Crippen molar-refractivity contribution in [2.75, 3.05) is 0 Å². The molecule has 0 fully saturated rings. The van der Waals surface area contributed by atoms with Gasteiger partial charge in [0.25, 0.3) is 0 Å². The van der Waals surface area contributed by atoms with Crippen molar-refractivity contribution < 1.29 is 0 Å². The Kier molecular flexibility index (Phi) is 7.82. The number of aromatic nitrogens is 3. The van der Waals surface area contributed by atoms with Gasteiger partial charge in [0.2, 0.25) is 0 Å². The molecule has 0 N–H and O–H groups in total. The zero-order valence-corrected chi connectivity index (χ0v) is 34.2. The van der Waals surface area contributed by atoms with Gasteiger partial charge in [0.15, 0.2) is 0 Å². The molecule has 0 saturated heterocycles. The highest BCUT2D eigenvalue weighted by Crippen LogP contribution is 2.58. The van der Waals surface area contributed by atoms with Crippen LogP contribution in [-0.2, 0) is 5.41 Å². The number of fused-ring (bicyclic) bond motifs is 10. The largest absolute Gasteiger partial charge is 0.248 e. The second-order valence-electron chi connectivity index (χ2n) is 16.6. The molecule has 1 aliphatic rings. The normalized spacial score (nSPS) is 12.9. The van der Waals surface area contributed by atoms with Crippen molar-refractivity contribution in [2.24, 2.45) is 0 Å². The molecule has 0 bridgehead atoms. The Balaban J connectivity index is 1.08. The van der Waals surface area contributed by atoms with Crippen molar-refractivity contribution in [1.29, 1.82) is 0 Å². The lowest BCUT2D eigenvalue weighted by molar-refractivity contribution is 0.768. The van der Waals surface area contributed by atoms with Gasteiger partial charge >= 0.3 is 0 Å². The summed E-state index contributed by atoms with van der Waals surface area (Å²) in [5.41, 5.74) is 16.8. The Morgan fingerprint density at radius 1 is 0.317 bits per heavy atom. The van der Waals surface area contributed by atoms with E-state index in [1.165, 1.54) is 38.9 Å². The van der Waals surface area contributed by atoms with E-state index in [2.05, 4.69) is 218 Å². The highest BCUT2D eigenvalue weighted by atomic mass is 14.8. The van der Waals surface area contributed by atoms with E-state index in [0.717, 1.165) is 82.5 Å². The van der Waals surface area contributed by atoms with E-state index < -0.39 is 5.41 Å². The van der Waals surface area contributed by atoms with Crippen molar-refractivity contribution in [2.45, 2.75) is 5.41 Å². The lowest BCUT2D eigenvalue weighted by Crippen LogP contribution is -2.28. The van der Waals surface area contributed by atoms with Crippen molar-refractivity contribution in [3.63, 3.8) is 0 Å². The minimum absolute atomic E-state index is 0.638. The van der Waals surface area contributed by atoms with E-state index in [0.29, 0.717) is 0 Å². The van der Waals surface area contributed by atoms with E-state index in [1.807, 2.05) is 6.07 Å². The standard InChI is InChI=1S/C60H37N3/c1-4-16-41(17-5-1)55-48-22-11-13-26-54(48)62-58-49(55)34-35-50-56(58)59-51(60(50,43-18-6-2-7-19-43)44-20-8-3-9-21-44)37-42-31-33-46-45(23-14-24-47(46)57(42)63-59)38-27-29-40(30-28-38)53-36-32-39-15-10-12-25-52(39)61-53/h1-37H. The summed E-state index contributed by atoms with van der Waals surface area (Å²) in [6.07, 6.45) is 0. The highest BCUT2D eigenvalue weighted by Gasteiger charge is 2.48. The van der Waals surface area contributed by atoms with Gasteiger partial charge in [-0.3, -0.25) is 0 Å². The van der Waals surface area contributed by atoms with Gasteiger partial charge in [-0.1, -0.05) is 200 Å². The van der Waals surface area contributed by atoms with Gasteiger partial charge in [0, 0.05) is 43.6 Å². The summed E-state index contributed by atoms with van der Waals surface area (Å²) in [5.74, 6) is 0. The van der Waals surface area contributed by atoms with Crippen LogP contribution in [0.25, 0.3) is 99.2 Å². The molecule has 3 aromatic heterocycles. The highest BCUT2D eigenvalue weighted by molar-refractivity contribution is 6.16. The van der Waals surface area contributed by atoms with Crippen molar-refractivity contribution in [3.05, 3.63) is 247 Å². The number of nitrogens with zero attached hydrogens (tertiary/aromatic N) is 3. The molecule has 0 amide bonds. The lowest BCUT2D eigenvalue weighted by atomic mass is 9.67. The summed E-state index contributed by atoms with van der Waals surface area (Å²) in [7, 11) is 0. The molecule has 0 spiro atoms. The summed E-state index contributed by atoms with van der Waals surface area (Å²) < 4.78 is 0. The molecule has 3 nitrogen and oxygen atoms in total. The SMILES string of the molecule is c1ccc(-c2c3ccccc3nc3c4c(ccc23)C(c2ccccc2)(c2ccccc2)c2cc3ccc5c(-c6ccc(-c7ccc8ccccc8n7)cc6)cccc5c3nc2-4)cc1. The third-order valence-corrected chi connectivity index (χ3v) is 13.3. The molecule has 9 aromatic carbocycles. The fourth-order valence-electron chi connectivity index (χ4n) is 10.5. The Morgan fingerprint density at radius 3 is 1.73 bits per heavy atom. The molecule has 0 atom stereocenters. The molecule has 0 unspecified atom stereocenters. The molecule has 12 aromatic rings. The molecule has 1 aliphatic carbocycles.